The summed E-state index contributed by atoms with van der Waals surface area (Å²) >= 11 is 3.13. The molecular formula is C11H14BrFN2O. The second kappa shape index (κ2) is 5.96. The van der Waals surface area contributed by atoms with Crippen LogP contribution < -0.4 is 11.1 Å². The van der Waals surface area contributed by atoms with Gasteiger partial charge in [0.1, 0.15) is 5.82 Å². The van der Waals surface area contributed by atoms with Crippen LogP contribution in [0.3, 0.4) is 0 Å². The summed E-state index contributed by atoms with van der Waals surface area (Å²) in [6, 6.07) is 4.22. The lowest BCUT2D eigenvalue weighted by Crippen LogP contribution is -2.39. The number of benzene rings is 1. The smallest absolute Gasteiger partial charge is 0.254 e. The molecule has 3 N–H and O–H groups in total. The third-order valence-electron chi connectivity index (χ3n) is 2.29. The third-order valence-corrected chi connectivity index (χ3v) is 2.78. The molecular weight excluding hydrogens is 275 g/mol. The summed E-state index contributed by atoms with van der Waals surface area (Å²) in [5, 5.41) is 2.67. The van der Waals surface area contributed by atoms with Crippen molar-refractivity contribution in [1.29, 1.82) is 0 Å². The van der Waals surface area contributed by atoms with Crippen LogP contribution in [0.2, 0.25) is 0 Å². The Morgan fingerprint density at radius 3 is 2.81 bits per heavy atom. The van der Waals surface area contributed by atoms with Crippen molar-refractivity contribution in [3.8, 4) is 0 Å². The normalized spacial score (nSPS) is 12.2. The van der Waals surface area contributed by atoms with Crippen LogP contribution in [0.25, 0.3) is 0 Å². The van der Waals surface area contributed by atoms with E-state index < -0.39 is 11.7 Å². The fourth-order valence-corrected chi connectivity index (χ4v) is 1.60. The predicted octanol–water partition coefficient (Wildman–Crippen LogP) is 2.06. The highest BCUT2D eigenvalue weighted by atomic mass is 79.9. The van der Waals surface area contributed by atoms with E-state index >= 15 is 0 Å². The van der Waals surface area contributed by atoms with E-state index in [-0.39, 0.29) is 11.6 Å². The first-order valence-corrected chi connectivity index (χ1v) is 5.83. The Morgan fingerprint density at radius 2 is 2.31 bits per heavy atom. The van der Waals surface area contributed by atoms with Crippen molar-refractivity contribution in [3.63, 3.8) is 0 Å². The van der Waals surface area contributed by atoms with E-state index in [1.807, 2.05) is 6.92 Å². The number of amides is 1. The first-order valence-electron chi connectivity index (χ1n) is 5.04. The van der Waals surface area contributed by atoms with Crippen LogP contribution in [-0.2, 0) is 0 Å². The first kappa shape index (κ1) is 13.1. The van der Waals surface area contributed by atoms with Gasteiger partial charge in [0.15, 0.2) is 0 Å². The van der Waals surface area contributed by atoms with Gasteiger partial charge in [-0.15, -0.1) is 0 Å². The number of carbonyl (C=O) groups excluding carboxylic acids is 1. The predicted molar refractivity (Wildman–Crippen MR) is 64.7 cm³/mol. The van der Waals surface area contributed by atoms with Gasteiger partial charge in [-0.1, -0.05) is 22.9 Å². The largest absolute Gasteiger partial charge is 0.348 e. The van der Waals surface area contributed by atoms with Crippen molar-refractivity contribution in [2.24, 2.45) is 5.73 Å². The molecule has 0 aliphatic heterocycles. The van der Waals surface area contributed by atoms with Crippen molar-refractivity contribution < 1.29 is 9.18 Å². The number of nitrogens with one attached hydrogen (secondary N) is 1. The summed E-state index contributed by atoms with van der Waals surface area (Å²) in [5.74, 6) is -0.971. The average Bonchev–Trinajstić information content (AvgIpc) is 2.25. The minimum atomic E-state index is -0.543. The van der Waals surface area contributed by atoms with Crippen molar-refractivity contribution in [2.75, 3.05) is 6.54 Å². The van der Waals surface area contributed by atoms with Gasteiger partial charge in [0.2, 0.25) is 0 Å². The number of carbonyl (C=O) groups is 1. The van der Waals surface area contributed by atoms with E-state index in [9.17, 15) is 9.18 Å². The molecule has 0 aromatic heterocycles. The summed E-state index contributed by atoms with van der Waals surface area (Å²) in [6.45, 7) is 2.26. The summed E-state index contributed by atoms with van der Waals surface area (Å²) in [7, 11) is 0. The van der Waals surface area contributed by atoms with E-state index in [2.05, 4.69) is 21.2 Å². The number of rotatable bonds is 4. The van der Waals surface area contributed by atoms with Crippen molar-refractivity contribution in [3.05, 3.63) is 34.1 Å². The van der Waals surface area contributed by atoms with E-state index in [0.717, 1.165) is 6.42 Å². The van der Waals surface area contributed by atoms with E-state index in [4.69, 9.17) is 5.73 Å². The number of hydrogen-bond acceptors (Lipinski definition) is 2. The number of nitrogens with two attached hydrogens (primary N) is 1. The first-order chi connectivity index (χ1) is 7.58. The van der Waals surface area contributed by atoms with Crippen LogP contribution >= 0.6 is 15.9 Å². The van der Waals surface area contributed by atoms with Crippen LogP contribution in [0.5, 0.6) is 0 Å². The zero-order chi connectivity index (χ0) is 12.1. The fraction of sp³-hybridized carbons (Fsp3) is 0.364. The molecule has 5 heteroatoms. The molecule has 0 fully saturated rings. The molecule has 1 aromatic carbocycles. The molecule has 0 aliphatic carbocycles. The van der Waals surface area contributed by atoms with Gasteiger partial charge in [-0.05, 0) is 24.6 Å². The second-order valence-electron chi connectivity index (χ2n) is 3.44. The van der Waals surface area contributed by atoms with Crippen LogP contribution in [-0.4, -0.2) is 18.5 Å². The Bertz CT molecular complexity index is 380. The van der Waals surface area contributed by atoms with Crippen LogP contribution in [0.1, 0.15) is 23.7 Å². The lowest BCUT2D eigenvalue weighted by Gasteiger charge is -2.14. The zero-order valence-electron chi connectivity index (χ0n) is 8.97. The second-order valence-corrected chi connectivity index (χ2v) is 4.35. The van der Waals surface area contributed by atoms with E-state index in [0.29, 0.717) is 11.0 Å². The standard InChI is InChI=1S/C11H14BrFN2O/c1-2-8(6-14)15-11(16)9-4-3-7(12)5-10(9)13/h3-5,8H,2,6,14H2,1H3,(H,15,16). The summed E-state index contributed by atoms with van der Waals surface area (Å²) in [6.07, 6.45) is 0.723. The average molecular weight is 289 g/mol. The third kappa shape index (κ3) is 3.28. The summed E-state index contributed by atoms with van der Waals surface area (Å²) < 4.78 is 14.0. The molecule has 3 nitrogen and oxygen atoms in total. The maximum absolute atomic E-state index is 13.4. The van der Waals surface area contributed by atoms with E-state index in [1.54, 1.807) is 6.07 Å². The molecule has 0 radical (unpaired) electrons. The lowest BCUT2D eigenvalue weighted by molar-refractivity contribution is 0.0933. The zero-order valence-corrected chi connectivity index (χ0v) is 10.6. The highest BCUT2D eigenvalue weighted by molar-refractivity contribution is 9.10. The summed E-state index contributed by atoms with van der Waals surface area (Å²) in [5.41, 5.74) is 5.49. The van der Waals surface area contributed by atoms with Gasteiger partial charge < -0.3 is 11.1 Å². The molecule has 1 unspecified atom stereocenters. The summed E-state index contributed by atoms with van der Waals surface area (Å²) in [4.78, 5) is 11.7. The molecule has 0 aliphatic rings. The molecule has 0 bridgehead atoms. The molecule has 0 saturated heterocycles. The Morgan fingerprint density at radius 1 is 1.62 bits per heavy atom. The van der Waals surface area contributed by atoms with Crippen molar-refractivity contribution >= 4 is 21.8 Å². The van der Waals surface area contributed by atoms with Crippen LogP contribution in [0, 0.1) is 5.82 Å². The molecule has 0 saturated carbocycles. The lowest BCUT2D eigenvalue weighted by atomic mass is 10.1. The van der Waals surface area contributed by atoms with Crippen LogP contribution in [0.4, 0.5) is 4.39 Å². The molecule has 1 rings (SSSR count). The van der Waals surface area contributed by atoms with E-state index in [1.165, 1.54) is 12.1 Å². The monoisotopic (exact) mass is 288 g/mol. The number of halogens is 2. The topological polar surface area (TPSA) is 55.1 Å². The van der Waals surface area contributed by atoms with Gasteiger partial charge in [-0.25, -0.2) is 4.39 Å². The Kier molecular flexibility index (Phi) is 4.89. The Hall–Kier alpha value is -0.940. The maximum Gasteiger partial charge on any atom is 0.254 e. The molecule has 88 valence electrons. The van der Waals surface area contributed by atoms with Gasteiger partial charge in [-0.3, -0.25) is 4.79 Å². The quantitative estimate of drug-likeness (QED) is 0.891. The molecule has 0 heterocycles. The van der Waals surface area contributed by atoms with Gasteiger partial charge in [0.25, 0.3) is 5.91 Å². The molecule has 1 amide bonds. The molecule has 16 heavy (non-hydrogen) atoms. The molecule has 0 spiro atoms. The Balaban J connectivity index is 2.80. The van der Waals surface area contributed by atoms with Gasteiger partial charge in [-0.2, -0.15) is 0 Å². The van der Waals surface area contributed by atoms with Gasteiger partial charge in [0.05, 0.1) is 5.56 Å². The van der Waals surface area contributed by atoms with Gasteiger partial charge >= 0.3 is 0 Å². The highest BCUT2D eigenvalue weighted by Gasteiger charge is 2.14. The number of hydrogen-bond donors (Lipinski definition) is 2. The van der Waals surface area contributed by atoms with Gasteiger partial charge in [0, 0.05) is 17.1 Å². The molecule has 1 aromatic rings. The molecule has 1 atom stereocenters. The SMILES string of the molecule is CCC(CN)NC(=O)c1ccc(Br)cc1F. The minimum absolute atomic E-state index is 0.0371. The fourth-order valence-electron chi connectivity index (χ4n) is 1.26. The van der Waals surface area contributed by atoms with Crippen molar-refractivity contribution in [2.45, 2.75) is 19.4 Å². The Labute approximate surface area is 102 Å². The highest BCUT2D eigenvalue weighted by Crippen LogP contribution is 2.15. The van der Waals surface area contributed by atoms with Crippen molar-refractivity contribution in [1.82, 2.24) is 5.32 Å². The maximum atomic E-state index is 13.4. The van der Waals surface area contributed by atoms with Crippen LogP contribution in [0.15, 0.2) is 22.7 Å². The minimum Gasteiger partial charge on any atom is -0.348 e.